The topological polar surface area (TPSA) is 55.8 Å². The van der Waals surface area contributed by atoms with Crippen molar-refractivity contribution in [1.29, 1.82) is 0 Å². The van der Waals surface area contributed by atoms with Gasteiger partial charge in [-0.3, -0.25) is 14.5 Å². The Morgan fingerprint density at radius 1 is 1.22 bits per heavy atom. The molecule has 5 nitrogen and oxygen atoms in total. The average molecular weight is 317 g/mol. The zero-order valence-corrected chi connectivity index (χ0v) is 13.9. The monoisotopic (exact) mass is 317 g/mol. The van der Waals surface area contributed by atoms with Crippen molar-refractivity contribution in [2.45, 2.75) is 51.2 Å². The van der Waals surface area contributed by atoms with Gasteiger partial charge in [0.05, 0.1) is 12.6 Å². The number of rotatable bonds is 3. The van der Waals surface area contributed by atoms with E-state index in [4.69, 9.17) is 9.47 Å². The molecule has 23 heavy (non-hydrogen) atoms. The van der Waals surface area contributed by atoms with E-state index in [0.717, 1.165) is 37.1 Å². The first-order valence-electron chi connectivity index (χ1n) is 8.13. The lowest BCUT2D eigenvalue weighted by Crippen LogP contribution is -2.76. The Balaban J connectivity index is 1.91. The molecule has 1 aliphatic carbocycles. The number of nitrogens with zero attached hydrogens (tertiary/aromatic N) is 1. The Morgan fingerprint density at radius 3 is 2.35 bits per heavy atom. The quantitative estimate of drug-likeness (QED) is 0.635. The van der Waals surface area contributed by atoms with E-state index in [2.05, 4.69) is 6.92 Å². The lowest BCUT2D eigenvalue weighted by molar-refractivity contribution is -0.169. The summed E-state index contributed by atoms with van der Waals surface area (Å²) in [5.74, 6) is 0.882. The van der Waals surface area contributed by atoms with E-state index in [1.165, 1.54) is 6.92 Å². The Bertz CT molecular complexity index is 602. The van der Waals surface area contributed by atoms with Crippen molar-refractivity contribution in [3.63, 3.8) is 0 Å². The second kappa shape index (κ2) is 5.87. The summed E-state index contributed by atoms with van der Waals surface area (Å²) in [6.45, 7) is 3.59. The van der Waals surface area contributed by atoms with Gasteiger partial charge in [0.15, 0.2) is 0 Å². The molecule has 1 heterocycles. The lowest BCUT2D eigenvalue weighted by atomic mass is 9.67. The van der Waals surface area contributed by atoms with Gasteiger partial charge in [-0.05, 0) is 55.9 Å². The van der Waals surface area contributed by atoms with Crippen molar-refractivity contribution in [3.05, 3.63) is 24.3 Å². The molecule has 5 heteroatoms. The van der Waals surface area contributed by atoms with Crippen molar-refractivity contribution < 1.29 is 19.1 Å². The summed E-state index contributed by atoms with van der Waals surface area (Å²) >= 11 is 0. The van der Waals surface area contributed by atoms with Crippen LogP contribution in [0.4, 0.5) is 5.69 Å². The maximum Gasteiger partial charge on any atom is 0.303 e. The van der Waals surface area contributed by atoms with Crippen LogP contribution in [0.2, 0.25) is 0 Å². The number of benzene rings is 1. The van der Waals surface area contributed by atoms with Crippen molar-refractivity contribution >= 4 is 17.6 Å². The highest BCUT2D eigenvalue weighted by Gasteiger charge is 2.63. The average Bonchev–Trinajstić information content (AvgIpc) is 2.55. The zero-order chi connectivity index (χ0) is 16.6. The van der Waals surface area contributed by atoms with E-state index in [0.29, 0.717) is 5.92 Å². The summed E-state index contributed by atoms with van der Waals surface area (Å²) < 4.78 is 10.5. The van der Waals surface area contributed by atoms with Crippen LogP contribution in [-0.4, -0.2) is 30.6 Å². The highest BCUT2D eigenvalue weighted by Crippen LogP contribution is 2.49. The summed E-state index contributed by atoms with van der Waals surface area (Å²) in [4.78, 5) is 25.8. The highest BCUT2D eigenvalue weighted by molar-refractivity contribution is 6.07. The van der Waals surface area contributed by atoms with E-state index < -0.39 is 12.1 Å². The molecule has 1 aromatic rings. The van der Waals surface area contributed by atoms with Gasteiger partial charge in [0.25, 0.3) is 5.91 Å². The molecule has 1 aromatic carbocycles. The van der Waals surface area contributed by atoms with Gasteiger partial charge in [0, 0.05) is 12.6 Å². The Kier molecular flexibility index (Phi) is 4.04. The minimum Gasteiger partial charge on any atom is -0.497 e. The molecule has 0 radical (unpaired) electrons. The van der Waals surface area contributed by atoms with Gasteiger partial charge in [-0.2, -0.15) is 0 Å². The molecule has 1 saturated carbocycles. The minimum absolute atomic E-state index is 0.125. The fourth-order valence-electron chi connectivity index (χ4n) is 3.81. The second-order valence-corrected chi connectivity index (χ2v) is 6.65. The van der Waals surface area contributed by atoms with Crippen LogP contribution < -0.4 is 9.64 Å². The minimum atomic E-state index is -0.644. The first kappa shape index (κ1) is 15.8. The molecule has 124 valence electrons. The van der Waals surface area contributed by atoms with Crippen LogP contribution in [0.25, 0.3) is 0 Å². The third-order valence-corrected chi connectivity index (χ3v) is 5.13. The van der Waals surface area contributed by atoms with Crippen LogP contribution >= 0.6 is 0 Å². The summed E-state index contributed by atoms with van der Waals surface area (Å²) in [6, 6.07) is 7.48. The number of methoxy groups -OCH3 is 1. The molecular weight excluding hydrogens is 294 g/mol. The van der Waals surface area contributed by atoms with E-state index in [-0.39, 0.29) is 11.4 Å². The molecule has 0 N–H and O–H groups in total. The molecule has 2 aliphatic rings. The Hall–Kier alpha value is -2.04. The number of hydrogen-bond donors (Lipinski definition) is 0. The van der Waals surface area contributed by atoms with Gasteiger partial charge in [-0.1, -0.05) is 6.92 Å². The molecule has 1 atom stereocenters. The third-order valence-electron chi connectivity index (χ3n) is 5.13. The molecule has 1 saturated heterocycles. The summed E-state index contributed by atoms with van der Waals surface area (Å²) in [6.07, 6.45) is 3.16. The van der Waals surface area contributed by atoms with Gasteiger partial charge >= 0.3 is 5.97 Å². The maximum atomic E-state index is 12.6. The van der Waals surface area contributed by atoms with E-state index in [1.807, 2.05) is 29.2 Å². The molecule has 1 unspecified atom stereocenters. The number of amides is 1. The number of β-lactam (4-membered cyclic amide) rings is 1. The van der Waals surface area contributed by atoms with Crippen LogP contribution in [0.15, 0.2) is 24.3 Å². The van der Waals surface area contributed by atoms with Crippen LogP contribution in [0.1, 0.15) is 39.5 Å². The number of carbonyl (C=O) groups is 2. The Morgan fingerprint density at radius 2 is 1.83 bits per heavy atom. The van der Waals surface area contributed by atoms with Gasteiger partial charge < -0.3 is 9.47 Å². The zero-order valence-electron chi connectivity index (χ0n) is 13.9. The van der Waals surface area contributed by atoms with Crippen LogP contribution in [0.5, 0.6) is 5.75 Å². The fraction of sp³-hybridized carbons (Fsp3) is 0.556. The predicted molar refractivity (Wildman–Crippen MR) is 86.4 cm³/mol. The van der Waals surface area contributed by atoms with Crippen molar-refractivity contribution in [1.82, 2.24) is 0 Å². The number of carbonyl (C=O) groups excluding carboxylic acids is 2. The molecule has 0 aromatic heterocycles. The number of anilines is 1. The highest BCUT2D eigenvalue weighted by atomic mass is 16.6. The number of esters is 1. The number of hydrogen-bond acceptors (Lipinski definition) is 4. The van der Waals surface area contributed by atoms with Crippen LogP contribution in [0, 0.1) is 5.92 Å². The lowest BCUT2D eigenvalue weighted by Gasteiger charge is -2.58. The predicted octanol–water partition coefficient (Wildman–Crippen LogP) is 2.92. The smallest absolute Gasteiger partial charge is 0.303 e. The maximum absolute atomic E-state index is 12.6. The molecule has 1 aliphatic heterocycles. The standard InChI is InChI=1S/C18H23NO4/c1-12-8-10-18(11-9-12)16(23-13(2)20)17(21)19(18)14-4-6-15(22-3)7-5-14/h4-7,12,16H,8-11H2,1-3H3. The fourth-order valence-corrected chi connectivity index (χ4v) is 3.81. The molecule has 0 bridgehead atoms. The van der Waals surface area contributed by atoms with Gasteiger partial charge in [0.1, 0.15) is 5.75 Å². The first-order chi connectivity index (χ1) is 11.0. The van der Waals surface area contributed by atoms with E-state index >= 15 is 0 Å². The van der Waals surface area contributed by atoms with Crippen molar-refractivity contribution in [3.8, 4) is 5.75 Å². The van der Waals surface area contributed by atoms with Crippen LogP contribution in [0.3, 0.4) is 0 Å². The van der Waals surface area contributed by atoms with Crippen molar-refractivity contribution in [2.75, 3.05) is 12.0 Å². The van der Waals surface area contributed by atoms with Gasteiger partial charge in [0.2, 0.25) is 6.10 Å². The summed E-state index contributed by atoms with van der Waals surface area (Å²) in [5.41, 5.74) is 0.456. The second-order valence-electron chi connectivity index (χ2n) is 6.65. The summed E-state index contributed by atoms with van der Waals surface area (Å²) in [5, 5.41) is 0. The Labute approximate surface area is 136 Å². The van der Waals surface area contributed by atoms with E-state index in [1.54, 1.807) is 7.11 Å². The van der Waals surface area contributed by atoms with Crippen molar-refractivity contribution in [2.24, 2.45) is 5.92 Å². The molecule has 1 amide bonds. The third kappa shape index (κ3) is 2.58. The first-order valence-corrected chi connectivity index (χ1v) is 8.13. The molecular formula is C18H23NO4. The number of ether oxygens (including phenoxy) is 2. The molecule has 3 rings (SSSR count). The largest absolute Gasteiger partial charge is 0.497 e. The molecule has 1 spiro atoms. The van der Waals surface area contributed by atoms with E-state index in [9.17, 15) is 9.59 Å². The van der Waals surface area contributed by atoms with Gasteiger partial charge in [-0.25, -0.2) is 0 Å². The normalized spacial score (nSPS) is 30.0. The van der Waals surface area contributed by atoms with Crippen LogP contribution in [-0.2, 0) is 14.3 Å². The van der Waals surface area contributed by atoms with Gasteiger partial charge in [-0.15, -0.1) is 0 Å². The summed E-state index contributed by atoms with van der Waals surface area (Å²) in [7, 11) is 1.62. The SMILES string of the molecule is COc1ccc(N2C(=O)C(OC(C)=O)C23CCC(C)CC3)cc1. The molecule has 2 fully saturated rings.